The van der Waals surface area contributed by atoms with Crippen molar-refractivity contribution in [1.29, 1.82) is 0 Å². The maximum absolute atomic E-state index is 9.25. The summed E-state index contributed by atoms with van der Waals surface area (Å²) < 4.78 is 0. The molecule has 1 aliphatic rings. The van der Waals surface area contributed by atoms with Crippen LogP contribution in [-0.4, -0.2) is 22.0 Å². The molecular formula is C15H21N3OS. The number of phenols is 1. The van der Waals surface area contributed by atoms with E-state index in [-0.39, 0.29) is 5.75 Å². The maximum Gasteiger partial charge on any atom is 0.187 e. The molecule has 0 amide bonds. The average molecular weight is 291 g/mol. The minimum Gasteiger partial charge on any atom is -0.508 e. The Labute approximate surface area is 125 Å². The molecule has 0 spiro atoms. The normalized spacial score (nSPS) is 16.8. The van der Waals surface area contributed by atoms with Crippen molar-refractivity contribution in [2.24, 2.45) is 5.10 Å². The van der Waals surface area contributed by atoms with Crippen molar-refractivity contribution < 1.29 is 5.11 Å². The smallest absolute Gasteiger partial charge is 0.187 e. The first-order chi connectivity index (χ1) is 9.65. The zero-order chi connectivity index (χ0) is 14.4. The molecule has 0 radical (unpaired) electrons. The third kappa shape index (κ3) is 4.49. The van der Waals surface area contributed by atoms with Gasteiger partial charge in [0.25, 0.3) is 0 Å². The summed E-state index contributed by atoms with van der Waals surface area (Å²) in [5.41, 5.74) is 4.67. The van der Waals surface area contributed by atoms with Crippen LogP contribution in [0.25, 0.3) is 0 Å². The zero-order valence-corrected chi connectivity index (χ0v) is 12.5. The fourth-order valence-electron chi connectivity index (χ4n) is 2.37. The summed E-state index contributed by atoms with van der Waals surface area (Å²) in [6.07, 6.45) is 6.24. The Kier molecular flexibility index (Phi) is 5.35. The van der Waals surface area contributed by atoms with Crippen LogP contribution >= 0.6 is 12.2 Å². The number of phenolic OH excluding ortho intramolecular Hbond substituents is 1. The predicted octanol–water partition coefficient (Wildman–Crippen LogP) is 2.91. The van der Waals surface area contributed by atoms with Gasteiger partial charge in [0, 0.05) is 6.04 Å². The molecule has 1 fully saturated rings. The Bertz CT molecular complexity index is 478. The Morgan fingerprint density at radius 2 is 1.85 bits per heavy atom. The van der Waals surface area contributed by atoms with Gasteiger partial charge in [-0.25, -0.2) is 0 Å². The lowest BCUT2D eigenvalue weighted by molar-refractivity contribution is 0.412. The first kappa shape index (κ1) is 14.8. The van der Waals surface area contributed by atoms with Gasteiger partial charge in [0.2, 0.25) is 0 Å². The first-order valence-corrected chi connectivity index (χ1v) is 7.46. The van der Waals surface area contributed by atoms with Crippen LogP contribution in [0.1, 0.15) is 44.6 Å². The number of nitrogens with zero attached hydrogens (tertiary/aromatic N) is 1. The van der Waals surface area contributed by atoms with E-state index in [0.29, 0.717) is 11.2 Å². The number of thiocarbonyl (C=S) groups is 1. The summed E-state index contributed by atoms with van der Waals surface area (Å²) in [7, 11) is 0. The van der Waals surface area contributed by atoms with Crippen molar-refractivity contribution in [3.05, 3.63) is 29.8 Å². The molecule has 20 heavy (non-hydrogen) atoms. The van der Waals surface area contributed by atoms with Gasteiger partial charge >= 0.3 is 0 Å². The van der Waals surface area contributed by atoms with Crippen LogP contribution in [0.5, 0.6) is 5.75 Å². The lowest BCUT2D eigenvalue weighted by Gasteiger charge is -2.23. The first-order valence-electron chi connectivity index (χ1n) is 7.05. The molecule has 0 unspecified atom stereocenters. The van der Waals surface area contributed by atoms with Crippen molar-refractivity contribution in [1.82, 2.24) is 10.7 Å². The summed E-state index contributed by atoms with van der Waals surface area (Å²) in [6.45, 7) is 1.91. The topological polar surface area (TPSA) is 56.7 Å². The average Bonchev–Trinajstić information content (AvgIpc) is 2.46. The standard InChI is InChI=1S/C15H21N3OS/c1-11(12-7-9-14(19)10-8-12)17-18-15(20)16-13-5-3-2-4-6-13/h7-10,13,19H,2-6H2,1H3,(H2,16,18,20)/b17-11+. The molecular weight excluding hydrogens is 270 g/mol. The third-order valence-electron chi connectivity index (χ3n) is 3.55. The molecule has 1 aromatic carbocycles. The highest BCUT2D eigenvalue weighted by atomic mass is 32.1. The Balaban J connectivity index is 1.84. The van der Waals surface area contributed by atoms with Crippen LogP contribution in [0.3, 0.4) is 0 Å². The van der Waals surface area contributed by atoms with Crippen LogP contribution in [-0.2, 0) is 0 Å². The summed E-state index contributed by atoms with van der Waals surface area (Å²) in [5, 5.41) is 17.4. The van der Waals surface area contributed by atoms with Crippen molar-refractivity contribution in [2.45, 2.75) is 45.1 Å². The van der Waals surface area contributed by atoms with Gasteiger partial charge < -0.3 is 10.4 Å². The number of nitrogens with one attached hydrogen (secondary N) is 2. The van der Waals surface area contributed by atoms with E-state index in [1.54, 1.807) is 12.1 Å². The maximum atomic E-state index is 9.25. The molecule has 0 atom stereocenters. The molecule has 108 valence electrons. The van der Waals surface area contributed by atoms with Crippen LogP contribution in [0.2, 0.25) is 0 Å². The van der Waals surface area contributed by atoms with Gasteiger partial charge in [-0.05, 0) is 61.8 Å². The highest BCUT2D eigenvalue weighted by Gasteiger charge is 2.13. The molecule has 1 aromatic rings. The number of hydrogen-bond donors (Lipinski definition) is 3. The highest BCUT2D eigenvalue weighted by molar-refractivity contribution is 7.80. The lowest BCUT2D eigenvalue weighted by atomic mass is 9.96. The van der Waals surface area contributed by atoms with E-state index in [1.165, 1.54) is 32.1 Å². The van der Waals surface area contributed by atoms with E-state index in [2.05, 4.69) is 15.8 Å². The van der Waals surface area contributed by atoms with Gasteiger partial charge in [0.1, 0.15) is 5.75 Å². The van der Waals surface area contributed by atoms with Crippen molar-refractivity contribution in [3.63, 3.8) is 0 Å². The SMILES string of the molecule is C/C(=N\NC(=S)NC1CCCCC1)c1ccc(O)cc1. The molecule has 1 saturated carbocycles. The van der Waals surface area contributed by atoms with Crippen LogP contribution in [0.4, 0.5) is 0 Å². The molecule has 0 bridgehead atoms. The number of rotatable bonds is 3. The Morgan fingerprint density at radius 3 is 2.50 bits per heavy atom. The van der Waals surface area contributed by atoms with E-state index in [4.69, 9.17) is 12.2 Å². The van der Waals surface area contributed by atoms with E-state index in [1.807, 2.05) is 19.1 Å². The molecule has 0 aliphatic heterocycles. The third-order valence-corrected chi connectivity index (χ3v) is 3.76. The summed E-state index contributed by atoms with van der Waals surface area (Å²) in [5.74, 6) is 0.254. The van der Waals surface area contributed by atoms with Gasteiger partial charge in [0.15, 0.2) is 5.11 Å². The molecule has 4 nitrogen and oxygen atoms in total. The second-order valence-electron chi connectivity index (χ2n) is 5.16. The highest BCUT2D eigenvalue weighted by Crippen LogP contribution is 2.17. The van der Waals surface area contributed by atoms with E-state index >= 15 is 0 Å². The molecule has 2 rings (SSSR count). The second-order valence-corrected chi connectivity index (χ2v) is 5.57. The summed E-state index contributed by atoms with van der Waals surface area (Å²) >= 11 is 5.25. The quantitative estimate of drug-likeness (QED) is 0.455. The Hall–Kier alpha value is -1.62. The number of hydrazone groups is 1. The summed E-state index contributed by atoms with van der Waals surface area (Å²) in [6, 6.07) is 7.42. The van der Waals surface area contributed by atoms with Crippen molar-refractivity contribution in [2.75, 3.05) is 0 Å². The fraction of sp³-hybridized carbons (Fsp3) is 0.467. The monoisotopic (exact) mass is 291 g/mol. The number of benzene rings is 1. The van der Waals surface area contributed by atoms with Gasteiger partial charge in [-0.1, -0.05) is 19.3 Å². The van der Waals surface area contributed by atoms with Crippen LogP contribution < -0.4 is 10.7 Å². The van der Waals surface area contributed by atoms with Crippen molar-refractivity contribution in [3.8, 4) is 5.75 Å². The van der Waals surface area contributed by atoms with Crippen molar-refractivity contribution >= 4 is 23.0 Å². The van der Waals surface area contributed by atoms with Gasteiger partial charge in [-0.2, -0.15) is 5.10 Å². The molecule has 0 aromatic heterocycles. The van der Waals surface area contributed by atoms with Gasteiger partial charge in [-0.3, -0.25) is 5.43 Å². The van der Waals surface area contributed by atoms with E-state index in [0.717, 1.165) is 11.3 Å². The molecule has 5 heteroatoms. The second kappa shape index (κ2) is 7.24. The van der Waals surface area contributed by atoms with Crippen LogP contribution in [0, 0.1) is 0 Å². The number of hydrogen-bond acceptors (Lipinski definition) is 3. The minimum absolute atomic E-state index is 0.254. The number of aromatic hydroxyl groups is 1. The zero-order valence-electron chi connectivity index (χ0n) is 11.7. The predicted molar refractivity (Wildman–Crippen MR) is 86.1 cm³/mol. The summed E-state index contributed by atoms with van der Waals surface area (Å²) in [4.78, 5) is 0. The molecule has 0 heterocycles. The van der Waals surface area contributed by atoms with Crippen LogP contribution in [0.15, 0.2) is 29.4 Å². The van der Waals surface area contributed by atoms with Gasteiger partial charge in [0.05, 0.1) is 5.71 Å². The van der Waals surface area contributed by atoms with Gasteiger partial charge in [-0.15, -0.1) is 0 Å². The minimum atomic E-state index is 0.254. The van der Waals surface area contributed by atoms with E-state index < -0.39 is 0 Å². The molecule has 1 aliphatic carbocycles. The lowest BCUT2D eigenvalue weighted by Crippen LogP contribution is -2.41. The Morgan fingerprint density at radius 1 is 1.20 bits per heavy atom. The fourth-order valence-corrected chi connectivity index (χ4v) is 2.58. The molecule has 0 saturated heterocycles. The van der Waals surface area contributed by atoms with E-state index in [9.17, 15) is 5.11 Å². The molecule has 3 N–H and O–H groups in total. The largest absolute Gasteiger partial charge is 0.508 e.